The molecule has 2 atom stereocenters. The molecule has 2 amide bonds. The number of piperidine rings is 1. The summed E-state index contributed by atoms with van der Waals surface area (Å²) in [6, 6.07) is 0.568. The molecule has 2 rings (SSSR count). The number of aliphatic carboxylic acids is 1. The Hall–Kier alpha value is -1.26. The van der Waals surface area contributed by atoms with Crippen LogP contribution in [-0.2, 0) is 4.79 Å². The van der Waals surface area contributed by atoms with Gasteiger partial charge in [0.1, 0.15) is 0 Å². The molecule has 0 aromatic rings. The van der Waals surface area contributed by atoms with Crippen molar-refractivity contribution in [3.8, 4) is 0 Å². The van der Waals surface area contributed by atoms with E-state index in [1.807, 2.05) is 16.7 Å². The first-order chi connectivity index (χ1) is 9.04. The Balaban J connectivity index is 1.97. The molecule has 2 aliphatic rings. The van der Waals surface area contributed by atoms with E-state index in [1.165, 1.54) is 0 Å². The highest BCUT2D eigenvalue weighted by molar-refractivity contribution is 5.76. The summed E-state index contributed by atoms with van der Waals surface area (Å²) in [5.74, 6) is -1.02. The second-order valence-corrected chi connectivity index (χ2v) is 5.81. The minimum Gasteiger partial charge on any atom is -0.481 e. The third-order valence-electron chi connectivity index (χ3n) is 4.17. The molecular weight excluding hydrogens is 244 g/mol. The van der Waals surface area contributed by atoms with Crippen LogP contribution in [0.2, 0.25) is 0 Å². The first-order valence-corrected chi connectivity index (χ1v) is 7.34. The molecule has 5 heteroatoms. The summed E-state index contributed by atoms with van der Waals surface area (Å²) in [7, 11) is 0. The first-order valence-electron chi connectivity index (χ1n) is 7.34. The van der Waals surface area contributed by atoms with Gasteiger partial charge in [0.15, 0.2) is 0 Å². The monoisotopic (exact) mass is 268 g/mol. The molecular formula is C14H24N2O3. The van der Waals surface area contributed by atoms with Crippen LogP contribution in [0.25, 0.3) is 0 Å². The largest absolute Gasteiger partial charge is 0.481 e. The number of urea groups is 1. The Bertz CT molecular complexity index is 355. The average Bonchev–Trinajstić information content (AvgIpc) is 3.19. The van der Waals surface area contributed by atoms with Crippen LogP contribution in [0.5, 0.6) is 0 Å². The second kappa shape index (κ2) is 5.80. The summed E-state index contributed by atoms with van der Waals surface area (Å²) < 4.78 is 0. The molecule has 0 spiro atoms. The molecule has 1 aliphatic heterocycles. The molecule has 1 heterocycles. The zero-order valence-electron chi connectivity index (χ0n) is 11.8. The van der Waals surface area contributed by atoms with E-state index in [2.05, 4.69) is 6.92 Å². The van der Waals surface area contributed by atoms with Crippen LogP contribution in [0.4, 0.5) is 4.79 Å². The van der Waals surface area contributed by atoms with Gasteiger partial charge >= 0.3 is 12.0 Å². The van der Waals surface area contributed by atoms with Crippen LogP contribution in [0.1, 0.15) is 46.0 Å². The van der Waals surface area contributed by atoms with Crippen LogP contribution in [0, 0.1) is 5.92 Å². The first kappa shape index (κ1) is 14.2. The number of carbonyl (C=O) groups excluding carboxylic acids is 1. The average molecular weight is 268 g/mol. The molecule has 1 N–H and O–H groups in total. The maximum atomic E-state index is 12.6. The maximum Gasteiger partial charge on any atom is 0.320 e. The molecule has 0 aromatic carbocycles. The van der Waals surface area contributed by atoms with Gasteiger partial charge in [0.2, 0.25) is 0 Å². The molecule has 0 radical (unpaired) electrons. The van der Waals surface area contributed by atoms with E-state index in [4.69, 9.17) is 5.11 Å². The number of nitrogens with zero attached hydrogens (tertiary/aromatic N) is 2. The van der Waals surface area contributed by atoms with E-state index in [-0.39, 0.29) is 18.0 Å². The summed E-state index contributed by atoms with van der Waals surface area (Å²) in [5, 5.41) is 9.06. The summed E-state index contributed by atoms with van der Waals surface area (Å²) in [6.07, 6.45) is 4.36. The van der Waals surface area contributed by atoms with Crippen molar-refractivity contribution < 1.29 is 14.7 Å². The summed E-state index contributed by atoms with van der Waals surface area (Å²) in [5.41, 5.74) is 0. The number of hydrogen-bond donors (Lipinski definition) is 1. The van der Waals surface area contributed by atoms with Crippen LogP contribution in [-0.4, -0.2) is 52.1 Å². The number of likely N-dealkylation sites (tertiary alicyclic amines) is 1. The summed E-state index contributed by atoms with van der Waals surface area (Å²) in [4.78, 5) is 27.4. The third kappa shape index (κ3) is 3.19. The zero-order chi connectivity index (χ0) is 14.0. The maximum absolute atomic E-state index is 12.6. The Kier molecular flexibility index (Phi) is 4.32. The number of carboxylic acids is 1. The number of carboxylic acid groups (broad SMARTS) is 1. The van der Waals surface area contributed by atoms with E-state index in [9.17, 15) is 9.59 Å². The zero-order valence-corrected chi connectivity index (χ0v) is 11.8. The Morgan fingerprint density at radius 1 is 1.32 bits per heavy atom. The van der Waals surface area contributed by atoms with Gasteiger partial charge in [-0.25, -0.2) is 4.79 Å². The Morgan fingerprint density at radius 3 is 2.47 bits per heavy atom. The SMILES string of the molecule is CCCN(C(=O)N1CCC(C(=O)O)CC1C)C1CC1. The highest BCUT2D eigenvalue weighted by Gasteiger charge is 2.38. The minimum atomic E-state index is -0.730. The predicted molar refractivity (Wildman–Crippen MR) is 71.9 cm³/mol. The molecule has 1 saturated carbocycles. The third-order valence-corrected chi connectivity index (χ3v) is 4.17. The molecule has 5 nitrogen and oxygen atoms in total. The van der Waals surface area contributed by atoms with Crippen molar-refractivity contribution in [2.24, 2.45) is 5.92 Å². The van der Waals surface area contributed by atoms with Gasteiger partial charge in [-0.2, -0.15) is 0 Å². The van der Waals surface area contributed by atoms with E-state index in [0.29, 0.717) is 25.4 Å². The molecule has 1 saturated heterocycles. The standard InChI is InChI=1S/C14H24N2O3/c1-3-7-16(12-4-5-12)14(19)15-8-6-11(13(17)18)9-10(15)2/h10-12H,3-9H2,1-2H3,(H,17,18). The van der Waals surface area contributed by atoms with Crippen molar-refractivity contribution in [3.63, 3.8) is 0 Å². The predicted octanol–water partition coefficient (Wildman–Crippen LogP) is 2.17. The van der Waals surface area contributed by atoms with Gasteiger partial charge in [-0.3, -0.25) is 4.79 Å². The van der Waals surface area contributed by atoms with Gasteiger partial charge in [-0.15, -0.1) is 0 Å². The number of amides is 2. The number of hydrogen-bond acceptors (Lipinski definition) is 2. The molecule has 1 aliphatic carbocycles. The fraction of sp³-hybridized carbons (Fsp3) is 0.857. The molecule has 0 bridgehead atoms. The van der Waals surface area contributed by atoms with Crippen molar-refractivity contribution >= 4 is 12.0 Å². The fourth-order valence-corrected chi connectivity index (χ4v) is 2.91. The molecule has 19 heavy (non-hydrogen) atoms. The van der Waals surface area contributed by atoms with Gasteiger partial charge in [0.25, 0.3) is 0 Å². The lowest BCUT2D eigenvalue weighted by Gasteiger charge is -2.39. The van der Waals surface area contributed by atoms with Crippen LogP contribution in [0.3, 0.4) is 0 Å². The minimum absolute atomic E-state index is 0.0282. The molecule has 108 valence electrons. The molecule has 2 fully saturated rings. The molecule has 2 unspecified atom stereocenters. The second-order valence-electron chi connectivity index (χ2n) is 5.81. The van der Waals surface area contributed by atoms with Crippen LogP contribution < -0.4 is 0 Å². The highest BCUT2D eigenvalue weighted by Crippen LogP contribution is 2.30. The Morgan fingerprint density at radius 2 is 2.00 bits per heavy atom. The van der Waals surface area contributed by atoms with Gasteiger partial charge < -0.3 is 14.9 Å². The quantitative estimate of drug-likeness (QED) is 0.850. The van der Waals surface area contributed by atoms with Crippen LogP contribution in [0.15, 0.2) is 0 Å². The highest BCUT2D eigenvalue weighted by atomic mass is 16.4. The lowest BCUT2D eigenvalue weighted by atomic mass is 9.92. The van der Waals surface area contributed by atoms with E-state index < -0.39 is 5.97 Å². The number of rotatable bonds is 4. The fourth-order valence-electron chi connectivity index (χ4n) is 2.91. The normalized spacial score (nSPS) is 27.2. The van der Waals surface area contributed by atoms with Gasteiger partial charge in [-0.1, -0.05) is 6.92 Å². The van der Waals surface area contributed by atoms with Crippen molar-refractivity contribution in [2.45, 2.75) is 58.0 Å². The van der Waals surface area contributed by atoms with Gasteiger partial charge in [0.05, 0.1) is 5.92 Å². The van der Waals surface area contributed by atoms with Gasteiger partial charge in [-0.05, 0) is 39.0 Å². The van der Waals surface area contributed by atoms with Crippen molar-refractivity contribution in [2.75, 3.05) is 13.1 Å². The molecule has 0 aromatic heterocycles. The Labute approximate surface area is 114 Å². The lowest BCUT2D eigenvalue weighted by Crippen LogP contribution is -2.52. The van der Waals surface area contributed by atoms with E-state index in [0.717, 1.165) is 25.8 Å². The summed E-state index contributed by atoms with van der Waals surface area (Å²) in [6.45, 7) is 5.44. The summed E-state index contributed by atoms with van der Waals surface area (Å²) >= 11 is 0. The topological polar surface area (TPSA) is 60.9 Å². The lowest BCUT2D eigenvalue weighted by molar-refractivity contribution is -0.143. The van der Waals surface area contributed by atoms with Crippen LogP contribution >= 0.6 is 0 Å². The van der Waals surface area contributed by atoms with E-state index in [1.54, 1.807) is 0 Å². The smallest absolute Gasteiger partial charge is 0.320 e. The van der Waals surface area contributed by atoms with Crippen molar-refractivity contribution in [3.05, 3.63) is 0 Å². The van der Waals surface area contributed by atoms with E-state index >= 15 is 0 Å². The number of carbonyl (C=O) groups is 2. The van der Waals surface area contributed by atoms with Crippen molar-refractivity contribution in [1.82, 2.24) is 9.80 Å². The van der Waals surface area contributed by atoms with Crippen molar-refractivity contribution in [1.29, 1.82) is 0 Å². The van der Waals surface area contributed by atoms with Gasteiger partial charge in [0, 0.05) is 25.2 Å².